The predicted molar refractivity (Wildman–Crippen MR) is 104 cm³/mol. The van der Waals surface area contributed by atoms with Crippen molar-refractivity contribution in [2.75, 3.05) is 42.5 Å². The number of piperazine rings is 1. The van der Waals surface area contributed by atoms with E-state index in [1.807, 2.05) is 0 Å². The third-order valence-corrected chi connectivity index (χ3v) is 5.10. The molecule has 1 aliphatic heterocycles. The first-order chi connectivity index (χ1) is 13.5. The average molecular weight is 413 g/mol. The predicted octanol–water partition coefficient (Wildman–Crippen LogP) is 2.37. The van der Waals surface area contributed by atoms with E-state index in [4.69, 9.17) is 4.74 Å². The third kappa shape index (κ3) is 4.45. The van der Waals surface area contributed by atoms with Gasteiger partial charge in [0.25, 0.3) is 0 Å². The standard InChI is InChI=1S/C18H21F2N3O4S/c1-26-17-12-13(22-10-8-21-9-11-22)6-7-15(17)23(28(24)25)14-4-2-3-5-16(14)27-18(19)20/h2-7,12,18,21,28H,8-11H2,1H3. The highest BCUT2D eigenvalue weighted by Crippen LogP contribution is 2.40. The first-order valence-corrected chi connectivity index (χ1v) is 9.76. The Kier molecular flexibility index (Phi) is 6.53. The summed E-state index contributed by atoms with van der Waals surface area (Å²) in [7, 11) is -1.77. The maximum atomic E-state index is 12.7. The minimum Gasteiger partial charge on any atom is -0.494 e. The van der Waals surface area contributed by atoms with E-state index in [1.54, 1.807) is 24.3 Å². The van der Waals surface area contributed by atoms with Crippen LogP contribution in [0.2, 0.25) is 0 Å². The zero-order valence-electron chi connectivity index (χ0n) is 15.2. The molecule has 10 heteroatoms. The van der Waals surface area contributed by atoms with Crippen LogP contribution in [0.3, 0.4) is 0 Å². The molecule has 0 atom stereocenters. The molecule has 3 rings (SSSR count). The molecule has 0 radical (unpaired) electrons. The van der Waals surface area contributed by atoms with E-state index in [2.05, 4.69) is 15.0 Å². The molecular formula is C18H21F2N3O4S. The molecule has 1 N–H and O–H groups in total. The van der Waals surface area contributed by atoms with E-state index in [1.165, 1.54) is 25.3 Å². The molecule has 0 aromatic heterocycles. The molecule has 0 unspecified atom stereocenters. The van der Waals surface area contributed by atoms with E-state index in [-0.39, 0.29) is 17.1 Å². The molecule has 1 saturated heterocycles. The van der Waals surface area contributed by atoms with Gasteiger partial charge in [0.15, 0.2) is 5.75 Å². The third-order valence-electron chi connectivity index (χ3n) is 4.35. The van der Waals surface area contributed by atoms with Gasteiger partial charge in [-0.2, -0.15) is 8.78 Å². The first kappa shape index (κ1) is 20.2. The number of rotatable bonds is 7. The van der Waals surface area contributed by atoms with E-state index in [9.17, 15) is 17.2 Å². The second kappa shape index (κ2) is 9.07. The molecule has 2 aromatic carbocycles. The van der Waals surface area contributed by atoms with E-state index >= 15 is 0 Å². The molecule has 0 spiro atoms. The highest BCUT2D eigenvalue weighted by molar-refractivity contribution is 7.74. The highest BCUT2D eigenvalue weighted by atomic mass is 32.2. The smallest absolute Gasteiger partial charge is 0.387 e. The fourth-order valence-electron chi connectivity index (χ4n) is 3.09. The maximum Gasteiger partial charge on any atom is 0.387 e. The number of anilines is 3. The second-order valence-electron chi connectivity index (χ2n) is 5.99. The van der Waals surface area contributed by atoms with E-state index in [0.29, 0.717) is 5.75 Å². The number of nitrogens with zero attached hydrogens (tertiary/aromatic N) is 2. The molecule has 0 saturated carbocycles. The maximum absolute atomic E-state index is 12.7. The fourth-order valence-corrected chi connectivity index (χ4v) is 3.78. The number of para-hydroxylation sites is 2. The lowest BCUT2D eigenvalue weighted by atomic mass is 10.2. The largest absolute Gasteiger partial charge is 0.494 e. The molecule has 2 aromatic rings. The number of hydrogen-bond acceptors (Lipinski definition) is 6. The van der Waals surface area contributed by atoms with Crippen molar-refractivity contribution in [3.05, 3.63) is 42.5 Å². The summed E-state index contributed by atoms with van der Waals surface area (Å²) >= 11 is 0. The molecule has 0 aliphatic carbocycles. The number of alkyl halides is 2. The van der Waals surface area contributed by atoms with Crippen LogP contribution < -0.4 is 24.0 Å². The molecule has 7 nitrogen and oxygen atoms in total. The van der Waals surface area contributed by atoms with E-state index < -0.39 is 17.5 Å². The van der Waals surface area contributed by atoms with Gasteiger partial charge in [0.2, 0.25) is 10.9 Å². The Bertz CT molecular complexity index is 881. The van der Waals surface area contributed by atoms with E-state index in [0.717, 1.165) is 36.2 Å². The van der Waals surface area contributed by atoms with Crippen molar-refractivity contribution in [3.63, 3.8) is 0 Å². The lowest BCUT2D eigenvalue weighted by molar-refractivity contribution is -0.0494. The summed E-state index contributed by atoms with van der Waals surface area (Å²) in [6.07, 6.45) is 0. The van der Waals surface area contributed by atoms with Crippen molar-refractivity contribution in [2.45, 2.75) is 6.61 Å². The summed E-state index contributed by atoms with van der Waals surface area (Å²) < 4.78 is 60.4. The van der Waals surface area contributed by atoms with Gasteiger partial charge in [0.05, 0.1) is 18.5 Å². The molecule has 0 bridgehead atoms. The Balaban J connectivity index is 2.03. The highest BCUT2D eigenvalue weighted by Gasteiger charge is 2.23. The van der Waals surface area contributed by atoms with Crippen LogP contribution in [0.1, 0.15) is 0 Å². The summed E-state index contributed by atoms with van der Waals surface area (Å²) in [5.74, 6) is 0.0621. The molecular weight excluding hydrogens is 392 g/mol. The van der Waals surface area contributed by atoms with Gasteiger partial charge in [-0.1, -0.05) is 12.1 Å². The zero-order valence-corrected chi connectivity index (χ0v) is 16.1. The number of thiol groups is 1. The summed E-state index contributed by atoms with van der Waals surface area (Å²) in [5, 5.41) is 3.26. The number of hydrogen-bond donors (Lipinski definition) is 2. The van der Waals surface area contributed by atoms with Gasteiger partial charge < -0.3 is 19.7 Å². The Morgan fingerprint density at radius 1 is 1.07 bits per heavy atom. The fraction of sp³-hybridized carbons (Fsp3) is 0.333. The van der Waals surface area contributed by atoms with Crippen LogP contribution >= 0.6 is 0 Å². The SMILES string of the molecule is COc1cc(N2CCNCC2)ccc1N(c1ccccc1OC(F)F)[SH](=O)=O. The van der Waals surface area contributed by atoms with Gasteiger partial charge in [-0.25, -0.2) is 12.7 Å². The van der Waals surface area contributed by atoms with Crippen LogP contribution in [0, 0.1) is 0 Å². The molecule has 0 amide bonds. The number of benzene rings is 2. The minimum absolute atomic E-state index is 0.0212. The summed E-state index contributed by atoms with van der Waals surface area (Å²) in [5.41, 5.74) is 1.08. The van der Waals surface area contributed by atoms with Crippen LogP contribution in [0.25, 0.3) is 0 Å². The Morgan fingerprint density at radius 3 is 2.39 bits per heavy atom. The van der Waals surface area contributed by atoms with Gasteiger partial charge >= 0.3 is 6.61 Å². The topological polar surface area (TPSA) is 71.1 Å². The summed E-state index contributed by atoms with van der Waals surface area (Å²) in [6.45, 7) is 0.242. The van der Waals surface area contributed by atoms with Crippen LogP contribution in [0.5, 0.6) is 11.5 Å². The number of halogens is 2. The van der Waals surface area contributed by atoms with Gasteiger partial charge in [0, 0.05) is 37.9 Å². The van der Waals surface area contributed by atoms with Crippen molar-refractivity contribution in [1.29, 1.82) is 0 Å². The number of nitrogens with one attached hydrogen (secondary N) is 1. The van der Waals surface area contributed by atoms with Gasteiger partial charge in [-0.15, -0.1) is 0 Å². The lowest BCUT2D eigenvalue weighted by Crippen LogP contribution is -2.43. The molecule has 28 heavy (non-hydrogen) atoms. The molecule has 1 aliphatic rings. The zero-order chi connectivity index (χ0) is 20.1. The van der Waals surface area contributed by atoms with Crippen molar-refractivity contribution in [2.24, 2.45) is 0 Å². The molecule has 152 valence electrons. The van der Waals surface area contributed by atoms with Gasteiger partial charge in [-0.3, -0.25) is 0 Å². The monoisotopic (exact) mass is 413 g/mol. The first-order valence-electron chi connectivity index (χ1n) is 8.63. The van der Waals surface area contributed by atoms with Crippen molar-refractivity contribution < 1.29 is 26.7 Å². The summed E-state index contributed by atoms with van der Waals surface area (Å²) in [4.78, 5) is 2.15. The Labute approximate surface area is 163 Å². The normalized spacial score (nSPS) is 14.4. The summed E-state index contributed by atoms with van der Waals surface area (Å²) in [6, 6.07) is 10.8. The van der Waals surface area contributed by atoms with Crippen molar-refractivity contribution in [1.82, 2.24) is 5.32 Å². The lowest BCUT2D eigenvalue weighted by Gasteiger charge is -2.30. The number of ether oxygens (including phenoxy) is 2. The van der Waals surface area contributed by atoms with Crippen LogP contribution in [-0.4, -0.2) is 48.3 Å². The molecule has 1 heterocycles. The molecule has 1 fully saturated rings. The Hall–Kier alpha value is -2.59. The second-order valence-corrected chi connectivity index (χ2v) is 6.86. The van der Waals surface area contributed by atoms with Crippen molar-refractivity contribution >= 4 is 28.0 Å². The minimum atomic E-state index is -3.20. The quantitative estimate of drug-likeness (QED) is 0.680. The average Bonchev–Trinajstić information content (AvgIpc) is 2.69. The Morgan fingerprint density at radius 2 is 1.75 bits per heavy atom. The van der Waals surface area contributed by atoms with Crippen molar-refractivity contribution in [3.8, 4) is 11.5 Å². The van der Waals surface area contributed by atoms with Crippen LogP contribution in [-0.2, 0) is 10.9 Å². The number of methoxy groups -OCH3 is 1. The van der Waals surface area contributed by atoms with Crippen LogP contribution in [0.15, 0.2) is 42.5 Å². The van der Waals surface area contributed by atoms with Crippen LogP contribution in [0.4, 0.5) is 25.8 Å². The van der Waals surface area contributed by atoms with Gasteiger partial charge in [0.1, 0.15) is 5.75 Å². The van der Waals surface area contributed by atoms with Gasteiger partial charge in [-0.05, 0) is 24.3 Å².